The van der Waals surface area contributed by atoms with Crippen molar-refractivity contribution in [2.45, 2.75) is 38.1 Å². The molecule has 1 unspecified atom stereocenters. The minimum Gasteiger partial charge on any atom is -0.385 e. The van der Waals surface area contributed by atoms with Gasteiger partial charge < -0.3 is 10.1 Å². The quantitative estimate of drug-likeness (QED) is 0.694. The molecule has 1 aliphatic carbocycles. The molecule has 2 fully saturated rings. The van der Waals surface area contributed by atoms with Gasteiger partial charge in [-0.2, -0.15) is 0 Å². The Morgan fingerprint density at radius 1 is 1.38 bits per heavy atom. The molecule has 1 N–H and O–H groups in total. The number of piperazine rings is 1. The van der Waals surface area contributed by atoms with Gasteiger partial charge in [-0.1, -0.05) is 0 Å². The van der Waals surface area contributed by atoms with Crippen LogP contribution in [0.2, 0.25) is 0 Å². The van der Waals surface area contributed by atoms with Crippen LogP contribution in [0, 0.1) is 5.92 Å². The van der Waals surface area contributed by atoms with E-state index < -0.39 is 0 Å². The normalized spacial score (nSPS) is 31.9. The Morgan fingerprint density at radius 3 is 2.88 bits per heavy atom. The molecular formula is C13H26N2O. The summed E-state index contributed by atoms with van der Waals surface area (Å²) in [5.74, 6) is 0.947. The first-order valence-electron chi connectivity index (χ1n) is 6.72. The third kappa shape index (κ3) is 2.76. The van der Waals surface area contributed by atoms with Crippen LogP contribution in [0.25, 0.3) is 0 Å². The van der Waals surface area contributed by atoms with Gasteiger partial charge in [0.15, 0.2) is 0 Å². The van der Waals surface area contributed by atoms with E-state index in [-0.39, 0.29) is 0 Å². The molecule has 0 amide bonds. The number of hydrogen-bond acceptors (Lipinski definition) is 3. The molecule has 1 aliphatic heterocycles. The molecule has 2 aliphatic rings. The van der Waals surface area contributed by atoms with Gasteiger partial charge in [-0.3, -0.25) is 4.90 Å². The highest BCUT2D eigenvalue weighted by atomic mass is 16.5. The van der Waals surface area contributed by atoms with Gasteiger partial charge in [0, 0.05) is 38.9 Å². The lowest BCUT2D eigenvalue weighted by Crippen LogP contribution is -2.61. The molecule has 1 heterocycles. The van der Waals surface area contributed by atoms with Crippen molar-refractivity contribution in [3.8, 4) is 0 Å². The Hall–Kier alpha value is -0.120. The molecule has 16 heavy (non-hydrogen) atoms. The highest BCUT2D eigenvalue weighted by Crippen LogP contribution is 2.43. The first kappa shape index (κ1) is 12.3. The third-order valence-electron chi connectivity index (χ3n) is 4.25. The number of unbranched alkanes of at least 4 members (excludes halogenated alkanes) is 1. The zero-order valence-corrected chi connectivity index (χ0v) is 10.8. The summed E-state index contributed by atoms with van der Waals surface area (Å²) in [5.41, 5.74) is 0.436. The second kappa shape index (κ2) is 5.48. The van der Waals surface area contributed by atoms with Crippen LogP contribution in [0.5, 0.6) is 0 Å². The van der Waals surface area contributed by atoms with Gasteiger partial charge in [0.2, 0.25) is 0 Å². The second-order valence-electron chi connectivity index (χ2n) is 5.50. The Kier molecular flexibility index (Phi) is 4.22. The second-order valence-corrected chi connectivity index (χ2v) is 5.50. The van der Waals surface area contributed by atoms with Crippen molar-refractivity contribution in [2.24, 2.45) is 5.92 Å². The number of methoxy groups -OCH3 is 1. The fourth-order valence-corrected chi connectivity index (χ4v) is 2.95. The summed E-state index contributed by atoms with van der Waals surface area (Å²) in [7, 11) is 1.79. The topological polar surface area (TPSA) is 24.5 Å². The van der Waals surface area contributed by atoms with E-state index in [9.17, 15) is 0 Å². The van der Waals surface area contributed by atoms with E-state index in [1.165, 1.54) is 45.3 Å². The number of ether oxygens (including phenoxy) is 1. The molecule has 1 saturated carbocycles. The molecule has 2 rings (SSSR count). The van der Waals surface area contributed by atoms with Crippen LogP contribution >= 0.6 is 0 Å². The first-order chi connectivity index (χ1) is 7.77. The maximum atomic E-state index is 5.11. The Bertz CT molecular complexity index is 218. The standard InChI is InChI=1S/C13H26N2O/c1-13(12-5-6-12)11-14-7-9-15(13)8-3-4-10-16-2/h12,14H,3-11H2,1-2H3. The fraction of sp³-hybridized carbons (Fsp3) is 1.00. The summed E-state index contributed by atoms with van der Waals surface area (Å²) in [6.45, 7) is 8.17. The van der Waals surface area contributed by atoms with Crippen molar-refractivity contribution in [1.29, 1.82) is 0 Å². The molecule has 1 saturated heterocycles. The molecule has 3 heteroatoms. The van der Waals surface area contributed by atoms with Crippen LogP contribution < -0.4 is 5.32 Å². The van der Waals surface area contributed by atoms with Crippen molar-refractivity contribution >= 4 is 0 Å². The van der Waals surface area contributed by atoms with E-state index in [1.54, 1.807) is 7.11 Å². The maximum absolute atomic E-state index is 5.11. The monoisotopic (exact) mass is 226 g/mol. The predicted molar refractivity (Wildman–Crippen MR) is 66.7 cm³/mol. The lowest BCUT2D eigenvalue weighted by Gasteiger charge is -2.46. The molecule has 0 aromatic carbocycles. The van der Waals surface area contributed by atoms with E-state index in [4.69, 9.17) is 4.74 Å². The van der Waals surface area contributed by atoms with E-state index in [0.717, 1.165) is 19.1 Å². The van der Waals surface area contributed by atoms with Crippen LogP contribution in [-0.2, 0) is 4.74 Å². The van der Waals surface area contributed by atoms with Gasteiger partial charge in [-0.15, -0.1) is 0 Å². The van der Waals surface area contributed by atoms with E-state index in [2.05, 4.69) is 17.1 Å². The lowest BCUT2D eigenvalue weighted by atomic mass is 9.91. The summed E-state index contributed by atoms with van der Waals surface area (Å²) in [6, 6.07) is 0. The summed E-state index contributed by atoms with van der Waals surface area (Å²) >= 11 is 0. The van der Waals surface area contributed by atoms with Crippen LogP contribution in [-0.4, -0.2) is 50.3 Å². The fourth-order valence-electron chi connectivity index (χ4n) is 2.95. The molecule has 0 aromatic heterocycles. The van der Waals surface area contributed by atoms with Crippen molar-refractivity contribution in [3.05, 3.63) is 0 Å². The summed E-state index contributed by atoms with van der Waals surface area (Å²) in [5, 5.41) is 3.56. The highest BCUT2D eigenvalue weighted by molar-refractivity contribution is 5.02. The van der Waals surface area contributed by atoms with Crippen LogP contribution in [0.4, 0.5) is 0 Å². The lowest BCUT2D eigenvalue weighted by molar-refractivity contribution is 0.0522. The Labute approximate surface area is 99.5 Å². The SMILES string of the molecule is COCCCCN1CCNCC1(C)C1CC1. The predicted octanol–water partition coefficient (Wildman–Crippen LogP) is 1.49. The Balaban J connectivity index is 1.80. The molecule has 1 atom stereocenters. The summed E-state index contributed by atoms with van der Waals surface area (Å²) in [6.07, 6.45) is 5.34. The third-order valence-corrected chi connectivity index (χ3v) is 4.25. The van der Waals surface area contributed by atoms with Gasteiger partial charge in [-0.05, 0) is 45.1 Å². The summed E-state index contributed by atoms with van der Waals surface area (Å²) < 4.78 is 5.11. The average Bonchev–Trinajstić information content (AvgIpc) is 3.11. The van der Waals surface area contributed by atoms with Gasteiger partial charge in [-0.25, -0.2) is 0 Å². The van der Waals surface area contributed by atoms with Crippen molar-refractivity contribution in [1.82, 2.24) is 10.2 Å². The molecule has 94 valence electrons. The molecule has 0 radical (unpaired) electrons. The van der Waals surface area contributed by atoms with Crippen LogP contribution in [0.1, 0.15) is 32.6 Å². The highest BCUT2D eigenvalue weighted by Gasteiger charge is 2.46. The minimum absolute atomic E-state index is 0.436. The largest absolute Gasteiger partial charge is 0.385 e. The van der Waals surface area contributed by atoms with Crippen molar-refractivity contribution < 1.29 is 4.74 Å². The zero-order valence-electron chi connectivity index (χ0n) is 10.8. The molecule has 0 aromatic rings. The summed E-state index contributed by atoms with van der Waals surface area (Å²) in [4.78, 5) is 2.72. The van der Waals surface area contributed by atoms with Crippen LogP contribution in [0.3, 0.4) is 0 Å². The number of hydrogen-bond donors (Lipinski definition) is 1. The molecule has 3 nitrogen and oxygen atoms in total. The first-order valence-corrected chi connectivity index (χ1v) is 6.72. The number of nitrogens with zero attached hydrogens (tertiary/aromatic N) is 1. The van der Waals surface area contributed by atoms with Gasteiger partial charge in [0.05, 0.1) is 0 Å². The molecule has 0 bridgehead atoms. The average molecular weight is 226 g/mol. The maximum Gasteiger partial charge on any atom is 0.0462 e. The smallest absolute Gasteiger partial charge is 0.0462 e. The van der Waals surface area contributed by atoms with E-state index in [1.807, 2.05) is 0 Å². The molecular weight excluding hydrogens is 200 g/mol. The van der Waals surface area contributed by atoms with Crippen molar-refractivity contribution in [2.75, 3.05) is 39.9 Å². The van der Waals surface area contributed by atoms with Gasteiger partial charge in [0.1, 0.15) is 0 Å². The minimum atomic E-state index is 0.436. The molecule has 0 spiro atoms. The Morgan fingerprint density at radius 2 is 2.19 bits per heavy atom. The number of nitrogens with one attached hydrogen (secondary N) is 1. The van der Waals surface area contributed by atoms with Crippen molar-refractivity contribution in [3.63, 3.8) is 0 Å². The van der Waals surface area contributed by atoms with Gasteiger partial charge >= 0.3 is 0 Å². The zero-order chi connectivity index (χ0) is 11.4. The van der Waals surface area contributed by atoms with Crippen LogP contribution in [0.15, 0.2) is 0 Å². The van der Waals surface area contributed by atoms with Gasteiger partial charge in [0.25, 0.3) is 0 Å². The van der Waals surface area contributed by atoms with E-state index in [0.29, 0.717) is 5.54 Å². The number of rotatable bonds is 6. The van der Waals surface area contributed by atoms with E-state index >= 15 is 0 Å².